The number of ether oxygens (including phenoxy) is 1. The molecule has 1 unspecified atom stereocenters. The summed E-state index contributed by atoms with van der Waals surface area (Å²) in [6, 6.07) is 22.9. The van der Waals surface area contributed by atoms with Gasteiger partial charge < -0.3 is 15.0 Å². The number of anilines is 1. The van der Waals surface area contributed by atoms with Crippen molar-refractivity contribution in [3.8, 4) is 5.75 Å². The molecule has 0 saturated carbocycles. The Morgan fingerprint density at radius 2 is 1.55 bits per heavy atom. The number of aryl methyl sites for hydroxylation is 1. The van der Waals surface area contributed by atoms with E-state index in [4.69, 9.17) is 4.74 Å². The fraction of sp³-hybridized carbons (Fsp3) is 0.355. The molecule has 0 aromatic heterocycles. The number of methoxy groups -OCH3 is 1. The van der Waals surface area contributed by atoms with Crippen LogP contribution >= 0.6 is 0 Å². The number of nitrogens with zero attached hydrogens (tertiary/aromatic N) is 2. The summed E-state index contributed by atoms with van der Waals surface area (Å²) in [5, 5.41) is 3.02. The third kappa shape index (κ3) is 8.58. The Balaban J connectivity index is 2.10. The molecule has 3 rings (SSSR count). The van der Waals surface area contributed by atoms with E-state index in [-0.39, 0.29) is 24.6 Å². The number of nitrogens with one attached hydrogen (secondary N) is 1. The second-order valence-electron chi connectivity index (χ2n) is 10.9. The number of hydrogen-bond donors (Lipinski definition) is 1. The lowest BCUT2D eigenvalue weighted by atomic mass is 10.0. The van der Waals surface area contributed by atoms with Crippen molar-refractivity contribution in [3.05, 3.63) is 95.6 Å². The van der Waals surface area contributed by atoms with Crippen molar-refractivity contribution in [1.82, 2.24) is 10.2 Å². The lowest BCUT2D eigenvalue weighted by Gasteiger charge is -2.35. The van der Waals surface area contributed by atoms with Crippen molar-refractivity contribution in [2.45, 2.75) is 52.2 Å². The highest BCUT2D eigenvalue weighted by atomic mass is 32.2. The molecule has 0 spiro atoms. The number of benzene rings is 3. The summed E-state index contributed by atoms with van der Waals surface area (Å²) in [5.41, 5.74) is 2.42. The Morgan fingerprint density at radius 3 is 2.15 bits per heavy atom. The predicted octanol–water partition coefficient (Wildman–Crippen LogP) is 4.32. The predicted molar refractivity (Wildman–Crippen MR) is 159 cm³/mol. The molecule has 0 heterocycles. The third-order valence-corrected chi connectivity index (χ3v) is 7.36. The third-order valence-electron chi connectivity index (χ3n) is 6.24. The van der Waals surface area contributed by atoms with Gasteiger partial charge in [0, 0.05) is 18.5 Å². The zero-order chi connectivity index (χ0) is 29.5. The highest BCUT2D eigenvalue weighted by Gasteiger charge is 2.34. The minimum Gasteiger partial charge on any atom is -0.495 e. The Kier molecular flexibility index (Phi) is 9.98. The summed E-state index contributed by atoms with van der Waals surface area (Å²) >= 11 is 0. The van der Waals surface area contributed by atoms with Gasteiger partial charge in [0.2, 0.25) is 21.8 Å². The number of hydrogen-bond acceptors (Lipinski definition) is 5. The average Bonchev–Trinajstić information content (AvgIpc) is 2.88. The van der Waals surface area contributed by atoms with E-state index < -0.39 is 34.1 Å². The van der Waals surface area contributed by atoms with Gasteiger partial charge in [0.25, 0.3) is 0 Å². The summed E-state index contributed by atoms with van der Waals surface area (Å²) in [7, 11) is -2.44. The summed E-state index contributed by atoms with van der Waals surface area (Å²) in [4.78, 5) is 29.4. The average molecular weight is 566 g/mol. The summed E-state index contributed by atoms with van der Waals surface area (Å²) in [6.07, 6.45) is 1.30. The van der Waals surface area contributed by atoms with Crippen LogP contribution < -0.4 is 14.4 Å². The van der Waals surface area contributed by atoms with Gasteiger partial charge in [-0.3, -0.25) is 13.9 Å². The molecule has 0 aliphatic carbocycles. The second-order valence-corrected chi connectivity index (χ2v) is 12.8. The molecule has 9 heteroatoms. The van der Waals surface area contributed by atoms with Gasteiger partial charge in [-0.2, -0.15) is 0 Å². The van der Waals surface area contributed by atoms with Crippen LogP contribution in [0.4, 0.5) is 5.69 Å². The van der Waals surface area contributed by atoms with E-state index in [1.54, 1.807) is 24.3 Å². The van der Waals surface area contributed by atoms with Crippen molar-refractivity contribution >= 4 is 27.5 Å². The lowest BCUT2D eigenvalue weighted by molar-refractivity contribution is -0.140. The molecule has 0 aliphatic rings. The smallest absolute Gasteiger partial charge is 0.244 e. The molecular formula is C31H39N3O5S. The van der Waals surface area contributed by atoms with E-state index in [2.05, 4.69) is 5.32 Å². The van der Waals surface area contributed by atoms with Gasteiger partial charge in [0.15, 0.2) is 0 Å². The maximum atomic E-state index is 14.2. The van der Waals surface area contributed by atoms with E-state index in [1.807, 2.05) is 82.3 Å². The van der Waals surface area contributed by atoms with Crippen LogP contribution in [0.5, 0.6) is 5.75 Å². The van der Waals surface area contributed by atoms with Gasteiger partial charge in [-0.25, -0.2) is 8.42 Å². The molecule has 1 atom stereocenters. The normalized spacial score (nSPS) is 12.3. The molecule has 1 N–H and O–H groups in total. The molecule has 3 aromatic rings. The van der Waals surface area contributed by atoms with Crippen LogP contribution in [0.3, 0.4) is 0 Å². The number of carbonyl (C=O) groups excluding carboxylic acids is 2. The zero-order valence-corrected chi connectivity index (χ0v) is 24.9. The number of rotatable bonds is 11. The summed E-state index contributed by atoms with van der Waals surface area (Å²) < 4.78 is 32.4. The van der Waals surface area contributed by atoms with Crippen LogP contribution in [-0.2, 0) is 32.6 Å². The van der Waals surface area contributed by atoms with Crippen LogP contribution in [-0.4, -0.2) is 56.6 Å². The molecule has 8 nitrogen and oxygen atoms in total. The number of sulfonamides is 1. The molecule has 0 saturated heterocycles. The topological polar surface area (TPSA) is 96.0 Å². The van der Waals surface area contributed by atoms with Crippen LogP contribution in [0.25, 0.3) is 0 Å². The molecule has 2 amide bonds. The van der Waals surface area contributed by atoms with Crippen molar-refractivity contribution < 1.29 is 22.7 Å². The Hall–Kier alpha value is -3.85. The summed E-state index contributed by atoms with van der Waals surface area (Å²) in [6.45, 7) is 7.22. The van der Waals surface area contributed by atoms with Gasteiger partial charge in [-0.15, -0.1) is 0 Å². The number of para-hydroxylation sites is 2. The van der Waals surface area contributed by atoms with E-state index in [1.165, 1.54) is 12.0 Å². The molecule has 3 aromatic carbocycles. The minimum absolute atomic E-state index is 0.124. The Morgan fingerprint density at radius 1 is 0.925 bits per heavy atom. The SMILES string of the molecule is COc1ccccc1N(CC(=O)N(Cc1cccc(C)c1)C(Cc1ccccc1)C(=O)NC(C)(C)C)S(C)(=O)=O. The van der Waals surface area contributed by atoms with Gasteiger partial charge >= 0.3 is 0 Å². The Bertz CT molecular complexity index is 1420. The summed E-state index contributed by atoms with van der Waals surface area (Å²) in [5.74, 6) is -0.513. The monoisotopic (exact) mass is 565 g/mol. The molecule has 214 valence electrons. The molecule has 0 bridgehead atoms. The van der Waals surface area contributed by atoms with Crippen LogP contribution in [0.1, 0.15) is 37.5 Å². The van der Waals surface area contributed by atoms with Crippen molar-refractivity contribution in [3.63, 3.8) is 0 Å². The van der Waals surface area contributed by atoms with Crippen LogP contribution in [0.2, 0.25) is 0 Å². The molecule has 0 radical (unpaired) electrons. The standard InChI is InChI=1S/C31H39N3O5S/c1-23-13-12-16-25(19-23)21-33(27(30(36)32-31(2,3)4)20-24-14-8-7-9-15-24)29(35)22-34(40(6,37)38)26-17-10-11-18-28(26)39-5/h7-19,27H,20-22H2,1-6H3,(H,32,36). The first-order chi connectivity index (χ1) is 18.8. The largest absolute Gasteiger partial charge is 0.495 e. The number of amides is 2. The quantitative estimate of drug-likeness (QED) is 0.374. The maximum Gasteiger partial charge on any atom is 0.244 e. The van der Waals surface area contributed by atoms with E-state index in [0.717, 1.165) is 27.3 Å². The maximum absolute atomic E-state index is 14.2. The minimum atomic E-state index is -3.89. The first kappa shape index (κ1) is 30.7. The highest BCUT2D eigenvalue weighted by Crippen LogP contribution is 2.30. The first-order valence-electron chi connectivity index (χ1n) is 13.1. The molecule has 0 aliphatic heterocycles. The molecule has 0 fully saturated rings. The van der Waals surface area contributed by atoms with E-state index in [0.29, 0.717) is 5.75 Å². The molecule has 40 heavy (non-hydrogen) atoms. The fourth-order valence-corrected chi connectivity index (χ4v) is 5.30. The van der Waals surface area contributed by atoms with E-state index >= 15 is 0 Å². The van der Waals surface area contributed by atoms with Gasteiger partial charge in [0.05, 0.1) is 19.1 Å². The van der Waals surface area contributed by atoms with Crippen LogP contribution in [0, 0.1) is 6.92 Å². The van der Waals surface area contributed by atoms with Crippen LogP contribution in [0.15, 0.2) is 78.9 Å². The number of carbonyl (C=O) groups is 2. The first-order valence-corrected chi connectivity index (χ1v) is 14.9. The Labute approximate surface area is 238 Å². The highest BCUT2D eigenvalue weighted by molar-refractivity contribution is 7.92. The molecular weight excluding hydrogens is 526 g/mol. The van der Waals surface area contributed by atoms with Crippen molar-refractivity contribution in [1.29, 1.82) is 0 Å². The lowest BCUT2D eigenvalue weighted by Crippen LogP contribution is -2.56. The van der Waals surface area contributed by atoms with E-state index in [9.17, 15) is 18.0 Å². The van der Waals surface area contributed by atoms with Crippen molar-refractivity contribution in [2.24, 2.45) is 0 Å². The fourth-order valence-electron chi connectivity index (χ4n) is 4.44. The second kappa shape index (κ2) is 13.0. The van der Waals surface area contributed by atoms with Crippen molar-refractivity contribution in [2.75, 3.05) is 24.2 Å². The van der Waals surface area contributed by atoms with Gasteiger partial charge in [0.1, 0.15) is 18.3 Å². The zero-order valence-electron chi connectivity index (χ0n) is 24.0. The van der Waals surface area contributed by atoms with Gasteiger partial charge in [-0.1, -0.05) is 72.3 Å². The van der Waals surface area contributed by atoms with Gasteiger partial charge in [-0.05, 0) is 51.0 Å².